The molecule has 0 spiro atoms. The number of piperazine rings is 1. The molecule has 0 unspecified atom stereocenters. The van der Waals surface area contributed by atoms with Gasteiger partial charge in [-0.05, 0) is 19.4 Å². The summed E-state index contributed by atoms with van der Waals surface area (Å²) in [5.41, 5.74) is 0.880. The highest BCUT2D eigenvalue weighted by Crippen LogP contribution is 2.14. The number of nitrogens with zero attached hydrogens (tertiary/aromatic N) is 3. The van der Waals surface area contributed by atoms with E-state index in [9.17, 15) is 4.79 Å². The second-order valence-electron chi connectivity index (χ2n) is 7.11. The monoisotopic (exact) mass is 473 g/mol. The van der Waals surface area contributed by atoms with Crippen molar-refractivity contribution in [1.82, 2.24) is 20.4 Å². The first-order chi connectivity index (χ1) is 12.0. The summed E-state index contributed by atoms with van der Waals surface area (Å²) in [4.78, 5) is 21.0. The molecule has 0 aliphatic carbocycles. The van der Waals surface area contributed by atoms with Crippen LogP contribution in [0.15, 0.2) is 35.3 Å². The van der Waals surface area contributed by atoms with Gasteiger partial charge in [-0.15, -0.1) is 24.0 Å². The van der Waals surface area contributed by atoms with E-state index in [1.54, 1.807) is 14.1 Å². The van der Waals surface area contributed by atoms with Crippen molar-refractivity contribution in [2.24, 2.45) is 10.4 Å². The molecule has 7 heteroatoms. The number of amides is 1. The fourth-order valence-electron chi connectivity index (χ4n) is 3.01. The standard InChI is InChI=1S/C19H31N5O.HI/c1-19(2,17(25)20-3)15-22-18(21-4)24-12-10-23(11-13-24)14-16-8-6-5-7-9-16;/h5-9H,10-15H2,1-4H3,(H,20,25)(H,21,22);1H. The van der Waals surface area contributed by atoms with Gasteiger partial charge in [-0.25, -0.2) is 0 Å². The third kappa shape index (κ3) is 6.42. The summed E-state index contributed by atoms with van der Waals surface area (Å²) in [5, 5.41) is 6.07. The zero-order valence-electron chi connectivity index (χ0n) is 16.3. The molecular weight excluding hydrogens is 441 g/mol. The van der Waals surface area contributed by atoms with Crippen LogP contribution in [-0.4, -0.2) is 68.5 Å². The average molecular weight is 473 g/mol. The van der Waals surface area contributed by atoms with Gasteiger partial charge in [-0.3, -0.25) is 14.7 Å². The topological polar surface area (TPSA) is 60.0 Å². The Bertz CT molecular complexity index is 583. The minimum absolute atomic E-state index is 0. The summed E-state index contributed by atoms with van der Waals surface area (Å²) >= 11 is 0. The summed E-state index contributed by atoms with van der Waals surface area (Å²) in [5.74, 6) is 0.902. The highest BCUT2D eigenvalue weighted by molar-refractivity contribution is 14.0. The van der Waals surface area contributed by atoms with Gasteiger partial charge in [-0.2, -0.15) is 0 Å². The second-order valence-corrected chi connectivity index (χ2v) is 7.11. The van der Waals surface area contributed by atoms with Gasteiger partial charge in [0.25, 0.3) is 0 Å². The van der Waals surface area contributed by atoms with Crippen LogP contribution in [0.4, 0.5) is 0 Å². The van der Waals surface area contributed by atoms with Crippen LogP contribution < -0.4 is 10.6 Å². The van der Waals surface area contributed by atoms with Crippen molar-refractivity contribution < 1.29 is 4.79 Å². The van der Waals surface area contributed by atoms with Crippen LogP contribution in [0.25, 0.3) is 0 Å². The molecule has 0 bridgehead atoms. The fraction of sp³-hybridized carbons (Fsp3) is 0.579. The van der Waals surface area contributed by atoms with Crippen molar-refractivity contribution in [1.29, 1.82) is 0 Å². The Balaban J connectivity index is 0.00000338. The lowest BCUT2D eigenvalue weighted by Gasteiger charge is -2.37. The number of hydrogen-bond acceptors (Lipinski definition) is 3. The molecule has 0 saturated carbocycles. The maximum atomic E-state index is 11.9. The number of hydrogen-bond donors (Lipinski definition) is 2. The fourth-order valence-corrected chi connectivity index (χ4v) is 3.01. The van der Waals surface area contributed by atoms with E-state index >= 15 is 0 Å². The lowest BCUT2D eigenvalue weighted by atomic mass is 9.92. The molecule has 1 aromatic rings. The Morgan fingerprint density at radius 1 is 1.15 bits per heavy atom. The summed E-state index contributed by atoms with van der Waals surface area (Å²) in [7, 11) is 3.47. The molecule has 26 heavy (non-hydrogen) atoms. The van der Waals surface area contributed by atoms with E-state index in [-0.39, 0.29) is 29.9 Å². The average Bonchev–Trinajstić information content (AvgIpc) is 2.63. The van der Waals surface area contributed by atoms with E-state index in [0.29, 0.717) is 6.54 Å². The van der Waals surface area contributed by atoms with Crippen LogP contribution in [0.1, 0.15) is 19.4 Å². The van der Waals surface area contributed by atoms with Gasteiger partial charge in [0.2, 0.25) is 5.91 Å². The zero-order valence-corrected chi connectivity index (χ0v) is 18.6. The normalized spacial score (nSPS) is 16.0. The number of carbonyl (C=O) groups is 1. The van der Waals surface area contributed by atoms with Crippen molar-refractivity contribution in [3.8, 4) is 0 Å². The number of nitrogens with one attached hydrogen (secondary N) is 2. The summed E-state index contributed by atoms with van der Waals surface area (Å²) in [6.45, 7) is 9.31. The third-order valence-electron chi connectivity index (χ3n) is 4.66. The number of rotatable bonds is 5. The van der Waals surface area contributed by atoms with E-state index < -0.39 is 5.41 Å². The Labute approximate surface area is 174 Å². The molecule has 1 aromatic carbocycles. The highest BCUT2D eigenvalue weighted by atomic mass is 127. The maximum absolute atomic E-state index is 11.9. The van der Waals surface area contributed by atoms with Crippen LogP contribution in [0.3, 0.4) is 0 Å². The molecule has 1 heterocycles. The van der Waals surface area contributed by atoms with E-state index in [4.69, 9.17) is 0 Å². The first-order valence-corrected chi connectivity index (χ1v) is 8.90. The van der Waals surface area contributed by atoms with Crippen molar-refractivity contribution in [3.05, 3.63) is 35.9 Å². The number of guanidine groups is 1. The molecule has 1 fully saturated rings. The smallest absolute Gasteiger partial charge is 0.227 e. The van der Waals surface area contributed by atoms with Gasteiger partial charge in [0.15, 0.2) is 5.96 Å². The van der Waals surface area contributed by atoms with Gasteiger partial charge in [0, 0.05) is 53.4 Å². The predicted octanol–water partition coefficient (Wildman–Crippen LogP) is 1.77. The van der Waals surface area contributed by atoms with Gasteiger partial charge in [0.1, 0.15) is 0 Å². The van der Waals surface area contributed by atoms with E-state index in [1.807, 2.05) is 13.8 Å². The second kappa shape index (κ2) is 10.7. The number of halogens is 1. The molecule has 1 amide bonds. The zero-order chi connectivity index (χ0) is 18.3. The van der Waals surface area contributed by atoms with Gasteiger partial charge in [0.05, 0.1) is 5.41 Å². The lowest BCUT2D eigenvalue weighted by Crippen LogP contribution is -2.54. The molecule has 0 atom stereocenters. The molecule has 2 N–H and O–H groups in total. The molecule has 1 aliphatic heterocycles. The molecule has 2 rings (SSSR count). The van der Waals surface area contributed by atoms with Crippen LogP contribution in [0, 0.1) is 5.41 Å². The number of aliphatic imine (C=N–C) groups is 1. The van der Waals surface area contributed by atoms with Gasteiger partial charge in [-0.1, -0.05) is 30.3 Å². The van der Waals surface area contributed by atoms with Crippen molar-refractivity contribution in [2.45, 2.75) is 20.4 Å². The predicted molar refractivity (Wildman–Crippen MR) is 118 cm³/mol. The number of benzene rings is 1. The number of carbonyl (C=O) groups excluding carboxylic acids is 1. The van der Waals surface area contributed by atoms with Gasteiger partial charge < -0.3 is 15.5 Å². The molecule has 6 nitrogen and oxygen atoms in total. The summed E-state index contributed by atoms with van der Waals surface area (Å²) in [6, 6.07) is 10.6. The Hall–Kier alpha value is -1.35. The van der Waals surface area contributed by atoms with Crippen LogP contribution in [0.5, 0.6) is 0 Å². The third-order valence-corrected chi connectivity index (χ3v) is 4.66. The Kier molecular flexibility index (Phi) is 9.35. The minimum atomic E-state index is -0.472. The van der Waals surface area contributed by atoms with Crippen LogP contribution in [0.2, 0.25) is 0 Å². The summed E-state index contributed by atoms with van der Waals surface area (Å²) in [6.07, 6.45) is 0. The van der Waals surface area contributed by atoms with Crippen molar-refractivity contribution >= 4 is 35.8 Å². The molecule has 0 radical (unpaired) electrons. The van der Waals surface area contributed by atoms with Gasteiger partial charge >= 0.3 is 0 Å². The first-order valence-electron chi connectivity index (χ1n) is 8.90. The first kappa shape index (κ1) is 22.7. The largest absolute Gasteiger partial charge is 0.359 e. The van der Waals surface area contributed by atoms with E-state index in [2.05, 4.69) is 55.8 Å². The molecule has 146 valence electrons. The molecule has 0 aromatic heterocycles. The minimum Gasteiger partial charge on any atom is -0.359 e. The van der Waals surface area contributed by atoms with Crippen molar-refractivity contribution in [2.75, 3.05) is 46.8 Å². The maximum Gasteiger partial charge on any atom is 0.227 e. The molecular formula is C19H32IN5O. The van der Waals surface area contributed by atoms with Crippen LogP contribution >= 0.6 is 24.0 Å². The van der Waals surface area contributed by atoms with Crippen molar-refractivity contribution in [3.63, 3.8) is 0 Å². The van der Waals surface area contributed by atoms with Crippen LogP contribution in [-0.2, 0) is 11.3 Å². The molecule has 1 saturated heterocycles. The SMILES string of the molecule is CN=C(NCC(C)(C)C(=O)NC)N1CCN(Cc2ccccc2)CC1.I. The van der Waals surface area contributed by atoms with E-state index in [1.165, 1.54) is 5.56 Å². The summed E-state index contributed by atoms with van der Waals surface area (Å²) < 4.78 is 0. The molecule has 1 aliphatic rings. The Morgan fingerprint density at radius 2 is 1.77 bits per heavy atom. The van der Waals surface area contributed by atoms with E-state index in [0.717, 1.165) is 38.7 Å². The lowest BCUT2D eigenvalue weighted by molar-refractivity contribution is -0.128. The quantitative estimate of drug-likeness (QED) is 0.389. The highest BCUT2D eigenvalue weighted by Gasteiger charge is 2.28. The Morgan fingerprint density at radius 3 is 2.31 bits per heavy atom.